The highest BCUT2D eigenvalue weighted by atomic mass is 35.5. The molecule has 0 heterocycles. The number of halogens is 1. The molecule has 0 unspecified atom stereocenters. The molecule has 0 atom stereocenters. The van der Waals surface area contributed by atoms with Gasteiger partial charge in [0, 0.05) is 24.9 Å². The number of hydrogen-bond acceptors (Lipinski definition) is 2. The molecule has 90 valence electrons. The number of hydrogen-bond donors (Lipinski definition) is 1. The number of amides is 1. The largest absolute Gasteiger partial charge is 0.495 e. The highest BCUT2D eigenvalue weighted by Crippen LogP contribution is 2.21. The van der Waals surface area contributed by atoms with E-state index in [1.165, 1.54) is 6.92 Å². The van der Waals surface area contributed by atoms with Gasteiger partial charge in [-0.1, -0.05) is 23.4 Å². The minimum atomic E-state index is -0.0489. The number of rotatable bonds is 3. The van der Waals surface area contributed by atoms with Gasteiger partial charge in [0.15, 0.2) is 0 Å². The van der Waals surface area contributed by atoms with Crippen molar-refractivity contribution in [1.82, 2.24) is 5.32 Å². The summed E-state index contributed by atoms with van der Waals surface area (Å²) in [6.45, 7) is 2.03. The third-order valence-corrected chi connectivity index (χ3v) is 2.24. The van der Waals surface area contributed by atoms with E-state index in [0.717, 1.165) is 5.56 Å². The Hall–Kier alpha value is -1.66. The van der Waals surface area contributed by atoms with Crippen LogP contribution in [-0.2, 0) is 4.79 Å². The van der Waals surface area contributed by atoms with E-state index in [9.17, 15) is 4.79 Å². The van der Waals surface area contributed by atoms with Gasteiger partial charge in [0.25, 0.3) is 0 Å². The van der Waals surface area contributed by atoms with Crippen LogP contribution in [0.1, 0.15) is 18.9 Å². The van der Waals surface area contributed by atoms with Crippen molar-refractivity contribution in [2.75, 3.05) is 13.7 Å². The van der Waals surface area contributed by atoms with Gasteiger partial charge in [0.1, 0.15) is 5.75 Å². The molecule has 0 saturated carbocycles. The standard InChI is InChI=1S/C13H14ClNO2/c1-10(16)15-8-4-3-5-11-9-12(14)6-7-13(11)17-2/h6-7,9H,4,8H2,1-2H3,(H,15,16). The normalized spacial score (nSPS) is 9.12. The average molecular weight is 252 g/mol. The van der Waals surface area contributed by atoms with Gasteiger partial charge in [-0.15, -0.1) is 0 Å². The maximum absolute atomic E-state index is 10.6. The zero-order chi connectivity index (χ0) is 12.7. The van der Waals surface area contributed by atoms with Crippen LogP contribution in [0.4, 0.5) is 0 Å². The molecule has 1 aromatic rings. The van der Waals surface area contributed by atoms with E-state index in [2.05, 4.69) is 17.2 Å². The molecule has 0 aromatic heterocycles. The van der Waals surface area contributed by atoms with Gasteiger partial charge >= 0.3 is 0 Å². The van der Waals surface area contributed by atoms with Crippen molar-refractivity contribution in [2.24, 2.45) is 0 Å². The minimum Gasteiger partial charge on any atom is -0.495 e. The number of methoxy groups -OCH3 is 1. The van der Waals surface area contributed by atoms with Gasteiger partial charge in [-0.2, -0.15) is 0 Å². The highest BCUT2D eigenvalue weighted by Gasteiger charge is 1.99. The van der Waals surface area contributed by atoms with E-state index >= 15 is 0 Å². The fourth-order valence-corrected chi connectivity index (χ4v) is 1.41. The van der Waals surface area contributed by atoms with Crippen LogP contribution in [-0.4, -0.2) is 19.6 Å². The number of nitrogens with one attached hydrogen (secondary N) is 1. The van der Waals surface area contributed by atoms with E-state index in [-0.39, 0.29) is 5.91 Å². The molecule has 0 aliphatic heterocycles. The summed E-state index contributed by atoms with van der Waals surface area (Å²) in [5.41, 5.74) is 0.753. The average Bonchev–Trinajstić information content (AvgIpc) is 2.28. The van der Waals surface area contributed by atoms with Crippen molar-refractivity contribution in [3.05, 3.63) is 28.8 Å². The Morgan fingerprint density at radius 1 is 1.53 bits per heavy atom. The maximum Gasteiger partial charge on any atom is 0.216 e. The van der Waals surface area contributed by atoms with Crippen LogP contribution in [0.5, 0.6) is 5.75 Å². The molecule has 3 nitrogen and oxygen atoms in total. The first-order chi connectivity index (χ1) is 8.13. The predicted molar refractivity (Wildman–Crippen MR) is 68.2 cm³/mol. The molecular weight excluding hydrogens is 238 g/mol. The van der Waals surface area contributed by atoms with E-state index < -0.39 is 0 Å². The van der Waals surface area contributed by atoms with Crippen LogP contribution in [0, 0.1) is 11.8 Å². The van der Waals surface area contributed by atoms with E-state index in [1.54, 1.807) is 25.3 Å². The molecule has 1 aromatic carbocycles. The van der Waals surface area contributed by atoms with Gasteiger partial charge in [0.2, 0.25) is 5.91 Å². The first-order valence-corrected chi connectivity index (χ1v) is 5.58. The Kier molecular flexibility index (Phi) is 5.38. The molecule has 17 heavy (non-hydrogen) atoms. The summed E-state index contributed by atoms with van der Waals surface area (Å²) in [7, 11) is 1.59. The molecule has 1 rings (SSSR count). The van der Waals surface area contributed by atoms with E-state index in [4.69, 9.17) is 16.3 Å². The fourth-order valence-electron chi connectivity index (χ4n) is 1.24. The number of carbonyl (C=O) groups is 1. The lowest BCUT2D eigenvalue weighted by Gasteiger charge is -2.02. The van der Waals surface area contributed by atoms with Crippen molar-refractivity contribution in [1.29, 1.82) is 0 Å². The van der Waals surface area contributed by atoms with Crippen molar-refractivity contribution >= 4 is 17.5 Å². The van der Waals surface area contributed by atoms with Gasteiger partial charge < -0.3 is 10.1 Å². The summed E-state index contributed by atoms with van der Waals surface area (Å²) in [4.78, 5) is 10.6. The number of carbonyl (C=O) groups excluding carboxylic acids is 1. The smallest absolute Gasteiger partial charge is 0.216 e. The monoisotopic (exact) mass is 251 g/mol. The summed E-state index contributed by atoms with van der Waals surface area (Å²) in [6, 6.07) is 5.29. The Bertz CT molecular complexity index is 460. The molecular formula is C13H14ClNO2. The summed E-state index contributed by atoms with van der Waals surface area (Å²) < 4.78 is 5.16. The Balaban J connectivity index is 2.64. The zero-order valence-corrected chi connectivity index (χ0v) is 10.6. The summed E-state index contributed by atoms with van der Waals surface area (Å²) in [5.74, 6) is 6.57. The zero-order valence-electron chi connectivity index (χ0n) is 9.84. The Labute approximate surface area is 106 Å². The molecule has 1 N–H and O–H groups in total. The van der Waals surface area contributed by atoms with Crippen molar-refractivity contribution in [2.45, 2.75) is 13.3 Å². The molecule has 0 radical (unpaired) electrons. The summed E-state index contributed by atoms with van der Waals surface area (Å²) >= 11 is 5.88. The maximum atomic E-state index is 10.6. The summed E-state index contributed by atoms with van der Waals surface area (Å²) in [5, 5.41) is 3.30. The van der Waals surface area contributed by atoms with E-state index in [1.807, 2.05) is 0 Å². The van der Waals surface area contributed by atoms with Crippen LogP contribution < -0.4 is 10.1 Å². The van der Waals surface area contributed by atoms with Crippen LogP contribution in [0.3, 0.4) is 0 Å². The fraction of sp³-hybridized carbons (Fsp3) is 0.308. The molecule has 0 fully saturated rings. The quantitative estimate of drug-likeness (QED) is 0.661. The minimum absolute atomic E-state index is 0.0489. The number of ether oxygens (including phenoxy) is 1. The number of benzene rings is 1. The molecule has 0 spiro atoms. The van der Waals surface area contributed by atoms with Gasteiger partial charge in [-0.25, -0.2) is 0 Å². The second-order valence-corrected chi connectivity index (χ2v) is 3.82. The van der Waals surface area contributed by atoms with Crippen molar-refractivity contribution < 1.29 is 9.53 Å². The SMILES string of the molecule is COc1ccc(Cl)cc1C#CCCNC(C)=O. The van der Waals surface area contributed by atoms with Gasteiger partial charge in [0.05, 0.1) is 12.7 Å². The van der Waals surface area contributed by atoms with Crippen LogP contribution >= 0.6 is 11.6 Å². The Morgan fingerprint density at radius 2 is 2.29 bits per heavy atom. The molecule has 0 saturated heterocycles. The van der Waals surface area contributed by atoms with Crippen LogP contribution in [0.25, 0.3) is 0 Å². The third-order valence-electron chi connectivity index (χ3n) is 2.01. The second kappa shape index (κ2) is 6.82. The molecule has 0 aliphatic carbocycles. The molecule has 4 heteroatoms. The first-order valence-electron chi connectivity index (χ1n) is 5.20. The third kappa shape index (κ3) is 4.80. The molecule has 1 amide bonds. The topological polar surface area (TPSA) is 38.3 Å². The van der Waals surface area contributed by atoms with Crippen molar-refractivity contribution in [3.63, 3.8) is 0 Å². The van der Waals surface area contributed by atoms with Gasteiger partial charge in [-0.3, -0.25) is 4.79 Å². The predicted octanol–water partition coefficient (Wildman–Crippen LogP) is 2.23. The lowest BCUT2D eigenvalue weighted by molar-refractivity contribution is -0.118. The molecule has 0 bridgehead atoms. The van der Waals surface area contributed by atoms with Crippen molar-refractivity contribution in [3.8, 4) is 17.6 Å². The van der Waals surface area contributed by atoms with Gasteiger partial charge in [-0.05, 0) is 18.2 Å². The second-order valence-electron chi connectivity index (χ2n) is 3.38. The lowest BCUT2D eigenvalue weighted by atomic mass is 10.2. The van der Waals surface area contributed by atoms with Crippen LogP contribution in [0.15, 0.2) is 18.2 Å². The van der Waals surface area contributed by atoms with Crippen LogP contribution in [0.2, 0.25) is 5.02 Å². The Morgan fingerprint density at radius 3 is 2.94 bits per heavy atom. The van der Waals surface area contributed by atoms with E-state index in [0.29, 0.717) is 23.7 Å². The first kappa shape index (κ1) is 13.4. The summed E-state index contributed by atoms with van der Waals surface area (Å²) in [6.07, 6.45) is 0.593. The molecule has 0 aliphatic rings. The highest BCUT2D eigenvalue weighted by molar-refractivity contribution is 6.30. The lowest BCUT2D eigenvalue weighted by Crippen LogP contribution is -2.20.